The van der Waals surface area contributed by atoms with Gasteiger partial charge in [0.25, 0.3) is 5.91 Å². The fourth-order valence-corrected chi connectivity index (χ4v) is 4.11. The molecule has 1 heterocycles. The van der Waals surface area contributed by atoms with E-state index in [4.69, 9.17) is 14.7 Å². The quantitative estimate of drug-likeness (QED) is 0.360. The highest BCUT2D eigenvalue weighted by Gasteiger charge is 2.18. The SMILES string of the molecule is Cc1nc(COc2ccc(F)cc2)sc1C(=O)OCC(=O)Nc1ccccc1SCC#N. The van der Waals surface area contributed by atoms with Crippen LogP contribution in [0.2, 0.25) is 0 Å². The zero-order chi connectivity index (χ0) is 22.9. The number of thiazole rings is 1. The molecule has 0 aliphatic carbocycles. The lowest BCUT2D eigenvalue weighted by atomic mass is 10.3. The lowest BCUT2D eigenvalue weighted by molar-refractivity contribution is -0.119. The molecule has 0 bridgehead atoms. The molecular weight excluding hydrogens is 453 g/mol. The number of ether oxygens (including phenoxy) is 2. The van der Waals surface area contributed by atoms with Gasteiger partial charge in [0.2, 0.25) is 0 Å². The Balaban J connectivity index is 1.53. The van der Waals surface area contributed by atoms with Gasteiger partial charge in [0.05, 0.1) is 23.2 Å². The second kappa shape index (κ2) is 11.3. The number of rotatable bonds is 9. The van der Waals surface area contributed by atoms with Crippen LogP contribution in [-0.2, 0) is 16.1 Å². The number of nitrogens with one attached hydrogen (secondary N) is 1. The van der Waals surface area contributed by atoms with Crippen molar-refractivity contribution >= 4 is 40.7 Å². The van der Waals surface area contributed by atoms with Crippen molar-refractivity contribution in [3.05, 3.63) is 69.9 Å². The van der Waals surface area contributed by atoms with Gasteiger partial charge in [-0.25, -0.2) is 14.2 Å². The maximum atomic E-state index is 13.0. The van der Waals surface area contributed by atoms with Crippen LogP contribution in [0.15, 0.2) is 53.4 Å². The molecular formula is C22H18FN3O4S2. The molecule has 0 fully saturated rings. The van der Waals surface area contributed by atoms with E-state index in [2.05, 4.69) is 10.3 Å². The molecule has 1 aromatic heterocycles. The number of amides is 1. The first-order valence-electron chi connectivity index (χ1n) is 9.36. The summed E-state index contributed by atoms with van der Waals surface area (Å²) < 4.78 is 23.6. The molecule has 2 aromatic carbocycles. The van der Waals surface area contributed by atoms with E-state index < -0.39 is 18.5 Å². The van der Waals surface area contributed by atoms with Crippen molar-refractivity contribution in [1.29, 1.82) is 5.26 Å². The van der Waals surface area contributed by atoms with E-state index in [0.29, 0.717) is 22.1 Å². The van der Waals surface area contributed by atoms with Crippen LogP contribution in [0.1, 0.15) is 20.4 Å². The Morgan fingerprint density at radius 2 is 1.97 bits per heavy atom. The monoisotopic (exact) mass is 471 g/mol. The van der Waals surface area contributed by atoms with Gasteiger partial charge in [-0.2, -0.15) is 5.26 Å². The fraction of sp³-hybridized carbons (Fsp3) is 0.182. The summed E-state index contributed by atoms with van der Waals surface area (Å²) in [6.07, 6.45) is 0. The Labute approximate surface area is 192 Å². The Morgan fingerprint density at radius 3 is 2.72 bits per heavy atom. The number of para-hydroxylation sites is 1. The standard InChI is InChI=1S/C22H18FN3O4S2/c1-14-21(32-20(25-14)13-29-16-8-6-15(23)7-9-16)22(28)30-12-19(27)26-17-4-2-3-5-18(17)31-11-10-24/h2-9H,11-13H2,1H3,(H,26,27). The lowest BCUT2D eigenvalue weighted by Gasteiger charge is -2.09. The third kappa shape index (κ3) is 6.54. The normalized spacial score (nSPS) is 10.3. The van der Waals surface area contributed by atoms with Crippen LogP contribution in [0, 0.1) is 24.1 Å². The molecule has 0 spiro atoms. The number of thioether (sulfide) groups is 1. The Bertz CT molecular complexity index is 1140. The molecule has 0 saturated carbocycles. The molecule has 7 nitrogen and oxygen atoms in total. The minimum absolute atomic E-state index is 0.113. The van der Waals surface area contributed by atoms with Gasteiger partial charge in [0, 0.05) is 4.90 Å². The molecule has 0 aliphatic heterocycles. The van der Waals surface area contributed by atoms with Gasteiger partial charge in [-0.15, -0.1) is 23.1 Å². The molecule has 3 rings (SSSR count). The number of halogens is 1. The number of nitriles is 1. The van der Waals surface area contributed by atoms with Crippen LogP contribution in [-0.4, -0.2) is 29.2 Å². The summed E-state index contributed by atoms with van der Waals surface area (Å²) in [7, 11) is 0. The lowest BCUT2D eigenvalue weighted by Crippen LogP contribution is -2.21. The average Bonchev–Trinajstić information content (AvgIpc) is 3.17. The maximum Gasteiger partial charge on any atom is 0.350 e. The zero-order valence-corrected chi connectivity index (χ0v) is 18.6. The zero-order valence-electron chi connectivity index (χ0n) is 17.0. The van der Waals surface area contributed by atoms with Crippen molar-refractivity contribution < 1.29 is 23.5 Å². The van der Waals surface area contributed by atoms with Crippen molar-refractivity contribution in [2.45, 2.75) is 18.4 Å². The first-order valence-corrected chi connectivity index (χ1v) is 11.2. The number of nitrogens with zero attached hydrogens (tertiary/aromatic N) is 2. The average molecular weight is 472 g/mol. The van der Waals surface area contributed by atoms with Crippen LogP contribution in [0.25, 0.3) is 0 Å². The van der Waals surface area contributed by atoms with Gasteiger partial charge in [-0.1, -0.05) is 12.1 Å². The van der Waals surface area contributed by atoms with Crippen molar-refractivity contribution in [1.82, 2.24) is 4.98 Å². The van der Waals surface area contributed by atoms with Gasteiger partial charge >= 0.3 is 5.97 Å². The first kappa shape index (κ1) is 23.2. The predicted molar refractivity (Wildman–Crippen MR) is 119 cm³/mol. The number of benzene rings is 2. The molecule has 1 N–H and O–H groups in total. The van der Waals surface area contributed by atoms with Gasteiger partial charge < -0.3 is 14.8 Å². The van der Waals surface area contributed by atoms with E-state index in [0.717, 1.165) is 16.2 Å². The molecule has 1 amide bonds. The van der Waals surface area contributed by atoms with Gasteiger partial charge in [-0.05, 0) is 43.3 Å². The van der Waals surface area contributed by atoms with Gasteiger partial charge in [-0.3, -0.25) is 4.79 Å². The summed E-state index contributed by atoms with van der Waals surface area (Å²) in [6.45, 7) is 1.31. The van der Waals surface area contributed by atoms with E-state index in [1.807, 2.05) is 6.07 Å². The Hall–Kier alpha value is -3.42. The van der Waals surface area contributed by atoms with Crippen LogP contribution in [0.4, 0.5) is 10.1 Å². The summed E-state index contributed by atoms with van der Waals surface area (Å²) in [4.78, 5) is 29.9. The van der Waals surface area contributed by atoms with E-state index in [9.17, 15) is 14.0 Å². The number of hydrogen-bond donors (Lipinski definition) is 1. The Morgan fingerprint density at radius 1 is 1.22 bits per heavy atom. The summed E-state index contributed by atoms with van der Waals surface area (Å²) in [5.74, 6) is -0.783. The molecule has 0 aliphatic rings. The van der Waals surface area contributed by atoms with Crippen LogP contribution >= 0.6 is 23.1 Å². The van der Waals surface area contributed by atoms with Crippen LogP contribution in [0.3, 0.4) is 0 Å². The number of carbonyl (C=O) groups excluding carboxylic acids is 2. The molecule has 164 valence electrons. The number of aryl methyl sites for hydroxylation is 1. The third-order valence-corrected chi connectivity index (χ3v) is 6.04. The number of esters is 1. The van der Waals surface area contributed by atoms with E-state index >= 15 is 0 Å². The van der Waals surface area contributed by atoms with Crippen molar-refractivity contribution in [3.63, 3.8) is 0 Å². The minimum Gasteiger partial charge on any atom is -0.486 e. The molecule has 0 saturated heterocycles. The molecule has 3 aromatic rings. The van der Waals surface area contributed by atoms with Crippen molar-refractivity contribution in [2.24, 2.45) is 0 Å². The van der Waals surface area contributed by atoms with E-state index in [1.165, 1.54) is 36.0 Å². The number of carbonyl (C=O) groups is 2. The Kier molecular flexibility index (Phi) is 8.19. The smallest absolute Gasteiger partial charge is 0.350 e. The summed E-state index contributed by atoms with van der Waals surface area (Å²) >= 11 is 2.40. The summed E-state index contributed by atoms with van der Waals surface area (Å²) in [5, 5.41) is 12.0. The van der Waals surface area contributed by atoms with E-state index in [1.54, 1.807) is 31.2 Å². The van der Waals surface area contributed by atoms with Crippen molar-refractivity contribution in [3.8, 4) is 11.8 Å². The number of hydrogen-bond acceptors (Lipinski definition) is 8. The highest BCUT2D eigenvalue weighted by atomic mass is 32.2. The summed E-state index contributed by atoms with van der Waals surface area (Å²) in [6, 6.07) is 14.7. The number of anilines is 1. The van der Waals surface area contributed by atoms with Gasteiger partial charge in [0.1, 0.15) is 28.1 Å². The highest BCUT2D eigenvalue weighted by Crippen LogP contribution is 2.26. The summed E-state index contributed by atoms with van der Waals surface area (Å²) in [5.41, 5.74) is 1.01. The van der Waals surface area contributed by atoms with E-state index in [-0.39, 0.29) is 23.1 Å². The second-order valence-corrected chi connectivity index (χ2v) is 8.43. The highest BCUT2D eigenvalue weighted by molar-refractivity contribution is 7.99. The maximum absolute atomic E-state index is 13.0. The van der Waals surface area contributed by atoms with Gasteiger partial charge in [0.15, 0.2) is 6.61 Å². The van der Waals surface area contributed by atoms with Crippen LogP contribution in [0.5, 0.6) is 5.75 Å². The minimum atomic E-state index is -0.657. The molecule has 0 atom stereocenters. The molecule has 0 unspecified atom stereocenters. The molecule has 10 heteroatoms. The number of aromatic nitrogens is 1. The first-order chi connectivity index (χ1) is 15.5. The molecule has 32 heavy (non-hydrogen) atoms. The predicted octanol–water partition coefficient (Wildman–Crippen LogP) is 4.58. The van der Waals surface area contributed by atoms with Crippen molar-refractivity contribution in [2.75, 3.05) is 17.7 Å². The third-order valence-electron chi connectivity index (χ3n) is 3.99. The molecule has 0 radical (unpaired) electrons. The second-order valence-electron chi connectivity index (χ2n) is 6.33. The van der Waals surface area contributed by atoms with Crippen LogP contribution < -0.4 is 10.1 Å². The fourth-order valence-electron chi connectivity index (χ4n) is 2.57. The topological polar surface area (TPSA) is 101 Å². The largest absolute Gasteiger partial charge is 0.486 e.